The molecule has 2 fully saturated rings. The van der Waals surface area contributed by atoms with E-state index < -0.39 is 10.8 Å². The Balaban J connectivity index is 1.42. The Morgan fingerprint density at radius 3 is 2.76 bits per heavy atom. The van der Waals surface area contributed by atoms with Crippen molar-refractivity contribution >= 4 is 51.9 Å². The van der Waals surface area contributed by atoms with E-state index in [0.717, 1.165) is 48.3 Å². The number of piperidine rings is 1. The van der Waals surface area contributed by atoms with Crippen LogP contribution in [0.25, 0.3) is 17.4 Å². The highest BCUT2D eigenvalue weighted by atomic mass is 32.2. The van der Waals surface area contributed by atoms with Crippen LogP contribution in [0.1, 0.15) is 37.0 Å². The van der Waals surface area contributed by atoms with Crippen molar-refractivity contribution in [1.29, 1.82) is 0 Å². The summed E-state index contributed by atoms with van der Waals surface area (Å²) in [7, 11) is 0. The zero-order chi connectivity index (χ0) is 24.2. The van der Waals surface area contributed by atoms with Gasteiger partial charge in [0, 0.05) is 25.1 Å². The summed E-state index contributed by atoms with van der Waals surface area (Å²) in [6.07, 6.45) is 5.32. The number of carbonyl (C=O) groups is 2. The summed E-state index contributed by atoms with van der Waals surface area (Å²) in [5.41, 5.74) is 3.66. The smallest absolute Gasteiger partial charge is 0.285 e. The van der Waals surface area contributed by atoms with Crippen LogP contribution in [0.4, 0.5) is 5.69 Å². The second kappa shape index (κ2) is 10.5. The van der Waals surface area contributed by atoms with Gasteiger partial charge >= 0.3 is 0 Å². The van der Waals surface area contributed by atoms with Crippen LogP contribution in [0.15, 0.2) is 39.7 Å². The first-order valence-electron chi connectivity index (χ1n) is 11.0. The van der Waals surface area contributed by atoms with Gasteiger partial charge in [-0.3, -0.25) is 25.1 Å². The van der Waals surface area contributed by atoms with E-state index >= 15 is 0 Å². The molecular weight excluding hydrogens is 476 g/mol. The lowest BCUT2D eigenvalue weighted by molar-refractivity contribution is -0.384. The Morgan fingerprint density at radius 1 is 1.26 bits per heavy atom. The number of nitro groups is 1. The fourth-order valence-electron chi connectivity index (χ4n) is 3.89. The average molecular weight is 501 g/mol. The van der Waals surface area contributed by atoms with Gasteiger partial charge in [-0.05, 0) is 68.8 Å². The molecule has 4 rings (SSSR count). The third-order valence-corrected chi connectivity index (χ3v) is 6.95. The summed E-state index contributed by atoms with van der Waals surface area (Å²) in [4.78, 5) is 38.7. The first kappa shape index (κ1) is 24.1. The van der Waals surface area contributed by atoms with Crippen LogP contribution in [0.2, 0.25) is 0 Å². The molecule has 0 aliphatic carbocycles. The number of furan rings is 1. The summed E-state index contributed by atoms with van der Waals surface area (Å²) in [6.45, 7) is 4.41. The Labute approximate surface area is 206 Å². The molecule has 2 amide bonds. The minimum Gasteiger partial charge on any atom is -0.456 e. The van der Waals surface area contributed by atoms with Gasteiger partial charge in [-0.25, -0.2) is 0 Å². The molecule has 1 aromatic heterocycles. The fraction of sp³-hybridized carbons (Fsp3) is 0.348. The lowest BCUT2D eigenvalue weighted by atomic mass is 10.1. The van der Waals surface area contributed by atoms with E-state index in [1.807, 2.05) is 0 Å². The maximum absolute atomic E-state index is 12.8. The number of thiocarbonyl (C=S) groups is 1. The van der Waals surface area contributed by atoms with E-state index in [0.29, 0.717) is 28.5 Å². The number of carbonyl (C=O) groups excluding carboxylic acids is 2. The number of hydrazine groups is 1. The summed E-state index contributed by atoms with van der Waals surface area (Å²) >= 11 is 6.33. The minimum atomic E-state index is -0.455. The predicted octanol–water partition coefficient (Wildman–Crippen LogP) is 4.27. The molecule has 0 bridgehead atoms. The van der Waals surface area contributed by atoms with E-state index in [1.165, 1.54) is 18.6 Å². The number of aryl methyl sites for hydroxylation is 1. The molecule has 1 aromatic carbocycles. The number of hydrogen-bond donors (Lipinski definition) is 1. The number of rotatable bonds is 7. The molecule has 0 saturated carbocycles. The van der Waals surface area contributed by atoms with Crippen molar-refractivity contribution in [3.05, 3.63) is 56.7 Å². The highest BCUT2D eigenvalue weighted by Gasteiger charge is 2.34. The van der Waals surface area contributed by atoms with Crippen molar-refractivity contribution in [2.75, 3.05) is 19.6 Å². The molecule has 1 N–H and O–H groups in total. The molecule has 0 radical (unpaired) electrons. The Morgan fingerprint density at radius 2 is 2.03 bits per heavy atom. The monoisotopic (exact) mass is 500 g/mol. The van der Waals surface area contributed by atoms with Crippen LogP contribution in [0.3, 0.4) is 0 Å². The standard InChI is InChI=1S/C23H24N4O5S2/c1-15-5-7-17(18(13-15)27(30)31)19-8-6-16(32-19)14-20-22(29)26(23(33)34-20)24-21(28)9-12-25-10-3-2-4-11-25/h5-8,13-14H,2-4,9-12H2,1H3,(H,24,28)/b20-14+. The Kier molecular flexibility index (Phi) is 7.44. The number of benzene rings is 1. The van der Waals surface area contributed by atoms with Crippen LogP contribution in [-0.2, 0) is 9.59 Å². The summed E-state index contributed by atoms with van der Waals surface area (Å²) in [5, 5.41) is 12.5. The molecule has 0 atom stereocenters. The van der Waals surface area contributed by atoms with Gasteiger partial charge in [0.25, 0.3) is 11.6 Å². The largest absolute Gasteiger partial charge is 0.456 e. The fourth-order valence-corrected chi connectivity index (χ4v) is 5.05. The van der Waals surface area contributed by atoms with Crippen molar-refractivity contribution < 1.29 is 18.9 Å². The number of nitro benzene ring substituents is 1. The van der Waals surface area contributed by atoms with Gasteiger partial charge in [0.15, 0.2) is 4.32 Å². The van der Waals surface area contributed by atoms with Gasteiger partial charge in [-0.2, -0.15) is 5.01 Å². The molecule has 0 unspecified atom stereocenters. The summed E-state index contributed by atoms with van der Waals surface area (Å²) in [5.74, 6) is -0.0445. The molecule has 2 aromatic rings. The maximum Gasteiger partial charge on any atom is 0.285 e. The van der Waals surface area contributed by atoms with E-state index in [9.17, 15) is 19.7 Å². The van der Waals surface area contributed by atoms with Gasteiger partial charge < -0.3 is 9.32 Å². The van der Waals surface area contributed by atoms with E-state index in [2.05, 4.69) is 10.3 Å². The maximum atomic E-state index is 12.8. The molecule has 2 aliphatic heterocycles. The molecule has 178 valence electrons. The van der Waals surface area contributed by atoms with E-state index in [4.69, 9.17) is 16.6 Å². The van der Waals surface area contributed by atoms with Crippen LogP contribution in [-0.4, -0.2) is 50.6 Å². The highest BCUT2D eigenvalue weighted by molar-refractivity contribution is 8.26. The molecule has 9 nitrogen and oxygen atoms in total. The predicted molar refractivity (Wildman–Crippen MR) is 134 cm³/mol. The van der Waals surface area contributed by atoms with E-state index in [1.54, 1.807) is 31.2 Å². The van der Waals surface area contributed by atoms with Crippen molar-refractivity contribution in [2.24, 2.45) is 0 Å². The second-order valence-electron chi connectivity index (χ2n) is 8.18. The molecule has 2 aliphatic rings. The van der Waals surface area contributed by atoms with E-state index in [-0.39, 0.29) is 22.3 Å². The Bertz CT molecular complexity index is 1170. The summed E-state index contributed by atoms with van der Waals surface area (Å²) < 4.78 is 5.99. The van der Waals surface area contributed by atoms with Crippen LogP contribution < -0.4 is 5.43 Å². The molecular formula is C23H24N4O5S2. The number of likely N-dealkylation sites (tertiary alicyclic amines) is 1. The summed E-state index contributed by atoms with van der Waals surface area (Å²) in [6, 6.07) is 8.13. The van der Waals surface area contributed by atoms with Crippen molar-refractivity contribution in [3.63, 3.8) is 0 Å². The normalized spacial score (nSPS) is 18.0. The molecule has 11 heteroatoms. The zero-order valence-corrected chi connectivity index (χ0v) is 20.2. The van der Waals surface area contributed by atoms with Gasteiger partial charge in [-0.15, -0.1) is 0 Å². The first-order chi connectivity index (χ1) is 16.3. The lowest BCUT2D eigenvalue weighted by Gasteiger charge is -2.26. The second-order valence-corrected chi connectivity index (χ2v) is 9.86. The van der Waals surface area contributed by atoms with Gasteiger partial charge in [0.2, 0.25) is 5.91 Å². The number of hydrogen-bond acceptors (Lipinski definition) is 8. The van der Waals surface area contributed by atoms with Crippen molar-refractivity contribution in [3.8, 4) is 11.3 Å². The zero-order valence-electron chi connectivity index (χ0n) is 18.6. The molecule has 3 heterocycles. The number of amides is 2. The SMILES string of the molecule is Cc1ccc(-c2ccc(/C=C3/SC(=S)N(NC(=O)CCN4CCCCC4)C3=O)o2)c([N+](=O)[O-])c1. The molecule has 0 spiro atoms. The third kappa shape index (κ3) is 5.54. The van der Waals surface area contributed by atoms with Crippen LogP contribution in [0.5, 0.6) is 0 Å². The Hall–Kier alpha value is -3.02. The van der Waals surface area contributed by atoms with Crippen LogP contribution >= 0.6 is 24.0 Å². The van der Waals surface area contributed by atoms with Gasteiger partial charge in [0.05, 0.1) is 15.4 Å². The van der Waals surface area contributed by atoms with Crippen molar-refractivity contribution in [2.45, 2.75) is 32.6 Å². The number of thioether (sulfide) groups is 1. The van der Waals surface area contributed by atoms with Crippen molar-refractivity contribution in [1.82, 2.24) is 15.3 Å². The average Bonchev–Trinajstić information content (AvgIpc) is 3.38. The van der Waals surface area contributed by atoms with Gasteiger partial charge in [-0.1, -0.05) is 24.2 Å². The number of nitrogens with zero attached hydrogens (tertiary/aromatic N) is 3. The molecule has 2 saturated heterocycles. The van der Waals surface area contributed by atoms with Crippen LogP contribution in [0, 0.1) is 17.0 Å². The lowest BCUT2D eigenvalue weighted by Crippen LogP contribution is -2.46. The molecule has 34 heavy (non-hydrogen) atoms. The minimum absolute atomic E-state index is 0.0560. The third-order valence-electron chi connectivity index (χ3n) is 5.65. The first-order valence-corrected chi connectivity index (χ1v) is 12.2. The topological polar surface area (TPSA) is 109 Å². The highest BCUT2D eigenvalue weighted by Crippen LogP contribution is 2.35. The number of nitrogens with one attached hydrogen (secondary N) is 1. The van der Waals surface area contributed by atoms with Gasteiger partial charge in [0.1, 0.15) is 11.5 Å². The quantitative estimate of drug-likeness (QED) is 0.260.